The summed E-state index contributed by atoms with van der Waals surface area (Å²) in [6.45, 7) is 2.10. The van der Waals surface area contributed by atoms with Crippen molar-refractivity contribution in [3.63, 3.8) is 0 Å². The van der Waals surface area contributed by atoms with Gasteiger partial charge in [-0.25, -0.2) is 0 Å². The van der Waals surface area contributed by atoms with Crippen LogP contribution in [0.1, 0.15) is 37.3 Å². The number of fused-ring (bicyclic) bond motifs is 6. The monoisotopic (exact) mass is 292 g/mol. The van der Waals surface area contributed by atoms with E-state index in [0.717, 1.165) is 28.7 Å². The molecule has 2 heterocycles. The van der Waals surface area contributed by atoms with E-state index in [0.29, 0.717) is 19.3 Å². The maximum Gasteiger partial charge on any atom is 0.134 e. The van der Waals surface area contributed by atoms with Crippen LogP contribution in [0.15, 0.2) is 36.8 Å². The number of ketones is 1. The number of hydrogen-bond acceptors (Lipinski definition) is 4. The molecule has 4 rings (SSSR count). The fraction of sp³-hybridized carbons (Fsp3) is 0.333. The van der Waals surface area contributed by atoms with Crippen molar-refractivity contribution < 1.29 is 9.59 Å². The normalized spacial score (nSPS) is 28.7. The molecule has 2 aromatic rings. The van der Waals surface area contributed by atoms with Crippen molar-refractivity contribution in [2.24, 2.45) is 0 Å². The lowest BCUT2D eigenvalue weighted by atomic mass is 9.54. The molecule has 0 spiro atoms. The first-order valence-electron chi connectivity index (χ1n) is 7.48. The summed E-state index contributed by atoms with van der Waals surface area (Å²) in [5, 5.41) is 0. The molecule has 2 unspecified atom stereocenters. The van der Waals surface area contributed by atoms with E-state index < -0.39 is 10.8 Å². The summed E-state index contributed by atoms with van der Waals surface area (Å²) in [6.07, 6.45) is 7.48. The van der Waals surface area contributed by atoms with E-state index in [-0.39, 0.29) is 5.78 Å². The fourth-order valence-corrected chi connectivity index (χ4v) is 4.50. The number of aldehydes is 1. The zero-order valence-corrected chi connectivity index (χ0v) is 12.4. The number of hydrogen-bond donors (Lipinski definition) is 0. The number of carbonyl (C=O) groups is 2. The molecule has 2 aromatic heterocycles. The lowest BCUT2D eigenvalue weighted by Gasteiger charge is -2.47. The van der Waals surface area contributed by atoms with Crippen LogP contribution in [0.2, 0.25) is 0 Å². The van der Waals surface area contributed by atoms with E-state index in [1.165, 1.54) is 0 Å². The Morgan fingerprint density at radius 1 is 1.23 bits per heavy atom. The predicted octanol–water partition coefficient (Wildman–Crippen LogP) is 2.60. The van der Waals surface area contributed by atoms with Gasteiger partial charge >= 0.3 is 0 Å². The highest BCUT2D eigenvalue weighted by Gasteiger charge is 2.60. The Kier molecular flexibility index (Phi) is 2.61. The largest absolute Gasteiger partial charge is 0.303 e. The smallest absolute Gasteiger partial charge is 0.134 e. The minimum atomic E-state index is -0.495. The Labute approximate surface area is 128 Å². The molecular formula is C18H16N2O2. The molecule has 0 radical (unpaired) electrons. The minimum Gasteiger partial charge on any atom is -0.303 e. The van der Waals surface area contributed by atoms with Gasteiger partial charge in [-0.1, -0.05) is 13.0 Å². The molecule has 110 valence electrons. The van der Waals surface area contributed by atoms with Gasteiger partial charge in [0.2, 0.25) is 0 Å². The van der Waals surface area contributed by atoms with Gasteiger partial charge < -0.3 is 4.79 Å². The SMILES string of the molecule is CC12CC(=O)CC1(CC=O)c1cccnc1-c1ccncc12. The van der Waals surface area contributed by atoms with Crippen LogP contribution in [0.4, 0.5) is 0 Å². The maximum atomic E-state index is 12.4. The number of rotatable bonds is 2. The van der Waals surface area contributed by atoms with E-state index >= 15 is 0 Å². The van der Waals surface area contributed by atoms with E-state index in [4.69, 9.17) is 0 Å². The molecule has 1 fully saturated rings. The van der Waals surface area contributed by atoms with Crippen molar-refractivity contribution in [2.45, 2.75) is 37.0 Å². The molecule has 2 atom stereocenters. The van der Waals surface area contributed by atoms with Crippen LogP contribution >= 0.6 is 0 Å². The molecule has 4 heteroatoms. The topological polar surface area (TPSA) is 59.9 Å². The number of nitrogens with zero attached hydrogens (tertiary/aromatic N) is 2. The first kappa shape index (κ1) is 13.3. The number of Topliss-reactive ketones (excluding diaryl/α,β-unsaturated/α-hetero) is 1. The first-order valence-corrected chi connectivity index (χ1v) is 7.48. The Bertz CT molecular complexity index is 801. The quantitative estimate of drug-likeness (QED) is 0.798. The molecule has 0 N–H and O–H groups in total. The highest BCUT2D eigenvalue weighted by molar-refractivity contribution is 5.91. The summed E-state index contributed by atoms with van der Waals surface area (Å²) in [5.41, 5.74) is 3.08. The summed E-state index contributed by atoms with van der Waals surface area (Å²) in [6, 6.07) is 5.87. The van der Waals surface area contributed by atoms with Gasteiger partial charge in [-0.2, -0.15) is 0 Å². The first-order chi connectivity index (χ1) is 10.6. The molecule has 22 heavy (non-hydrogen) atoms. The van der Waals surface area contributed by atoms with Crippen LogP contribution in [0.25, 0.3) is 11.3 Å². The highest BCUT2D eigenvalue weighted by Crippen LogP contribution is 2.61. The summed E-state index contributed by atoms with van der Waals surface area (Å²) in [5.74, 6) is 0.204. The number of pyridine rings is 2. The molecule has 0 aliphatic heterocycles. The molecule has 0 saturated heterocycles. The average Bonchev–Trinajstić information content (AvgIpc) is 2.80. The van der Waals surface area contributed by atoms with Crippen LogP contribution in [0.5, 0.6) is 0 Å². The Balaban J connectivity index is 2.13. The minimum absolute atomic E-state index is 0.204. The zero-order valence-electron chi connectivity index (χ0n) is 12.4. The summed E-state index contributed by atoms with van der Waals surface area (Å²) >= 11 is 0. The van der Waals surface area contributed by atoms with Gasteiger partial charge in [0, 0.05) is 54.2 Å². The molecule has 1 saturated carbocycles. The van der Waals surface area contributed by atoms with Crippen molar-refractivity contribution in [3.8, 4) is 11.3 Å². The molecule has 0 aromatic carbocycles. The van der Waals surface area contributed by atoms with Gasteiger partial charge in [-0.3, -0.25) is 14.8 Å². The second-order valence-corrected chi connectivity index (χ2v) is 6.50. The average molecular weight is 292 g/mol. The van der Waals surface area contributed by atoms with Crippen LogP contribution < -0.4 is 0 Å². The third-order valence-corrected chi connectivity index (χ3v) is 5.53. The van der Waals surface area contributed by atoms with E-state index in [9.17, 15) is 9.59 Å². The summed E-state index contributed by atoms with van der Waals surface area (Å²) in [7, 11) is 0. The van der Waals surface area contributed by atoms with Crippen LogP contribution in [0, 0.1) is 0 Å². The number of aromatic nitrogens is 2. The lowest BCUT2D eigenvalue weighted by molar-refractivity contribution is -0.117. The van der Waals surface area contributed by atoms with Gasteiger partial charge in [0.05, 0.1) is 5.69 Å². The maximum absolute atomic E-state index is 12.4. The molecule has 0 amide bonds. The Morgan fingerprint density at radius 2 is 2.09 bits per heavy atom. The third kappa shape index (κ3) is 1.42. The predicted molar refractivity (Wildman–Crippen MR) is 81.4 cm³/mol. The van der Waals surface area contributed by atoms with E-state index in [1.807, 2.05) is 24.4 Å². The Hall–Kier alpha value is -2.36. The fourth-order valence-electron chi connectivity index (χ4n) is 4.50. The van der Waals surface area contributed by atoms with Crippen molar-refractivity contribution in [3.05, 3.63) is 47.9 Å². The molecule has 0 bridgehead atoms. The van der Waals surface area contributed by atoms with Gasteiger partial charge in [0.15, 0.2) is 0 Å². The molecule has 4 nitrogen and oxygen atoms in total. The van der Waals surface area contributed by atoms with Gasteiger partial charge in [0.25, 0.3) is 0 Å². The van der Waals surface area contributed by atoms with Crippen molar-refractivity contribution >= 4 is 12.1 Å². The Morgan fingerprint density at radius 3 is 2.91 bits per heavy atom. The summed E-state index contributed by atoms with van der Waals surface area (Å²) < 4.78 is 0. The highest BCUT2D eigenvalue weighted by atomic mass is 16.1. The molecule has 2 aliphatic carbocycles. The van der Waals surface area contributed by atoms with E-state index in [1.54, 1.807) is 12.4 Å². The van der Waals surface area contributed by atoms with E-state index in [2.05, 4.69) is 16.9 Å². The van der Waals surface area contributed by atoms with Gasteiger partial charge in [-0.05, 0) is 23.3 Å². The van der Waals surface area contributed by atoms with Crippen molar-refractivity contribution in [1.29, 1.82) is 0 Å². The van der Waals surface area contributed by atoms with Gasteiger partial charge in [-0.15, -0.1) is 0 Å². The van der Waals surface area contributed by atoms with Crippen molar-refractivity contribution in [2.75, 3.05) is 0 Å². The van der Waals surface area contributed by atoms with Crippen LogP contribution in [-0.2, 0) is 20.4 Å². The van der Waals surface area contributed by atoms with Crippen LogP contribution in [-0.4, -0.2) is 22.0 Å². The van der Waals surface area contributed by atoms with Gasteiger partial charge in [0.1, 0.15) is 12.1 Å². The lowest BCUT2D eigenvalue weighted by Crippen LogP contribution is -2.46. The molecular weight excluding hydrogens is 276 g/mol. The van der Waals surface area contributed by atoms with Crippen LogP contribution in [0.3, 0.4) is 0 Å². The zero-order chi connectivity index (χ0) is 15.4. The third-order valence-electron chi connectivity index (χ3n) is 5.53. The second kappa shape index (κ2) is 4.32. The second-order valence-electron chi connectivity index (χ2n) is 6.50. The standard InChI is InChI=1S/C18H16N2O2/c1-17-9-12(22)10-18(17,5-8-21)14-3-2-6-20-16(14)13-4-7-19-11-15(13)17/h2-4,6-8,11H,5,9-10H2,1H3. The van der Waals surface area contributed by atoms with Crippen molar-refractivity contribution in [1.82, 2.24) is 9.97 Å². The summed E-state index contributed by atoms with van der Waals surface area (Å²) in [4.78, 5) is 32.6. The number of carbonyl (C=O) groups excluding carboxylic acids is 2. The molecule has 2 aliphatic rings.